The summed E-state index contributed by atoms with van der Waals surface area (Å²) >= 11 is 0. The molecule has 2 amide bonds. The number of hydrogen-bond donors (Lipinski definition) is 4. The summed E-state index contributed by atoms with van der Waals surface area (Å²) in [6.45, 7) is 1.26. The lowest BCUT2D eigenvalue weighted by Crippen LogP contribution is -2.39. The molecule has 35 heavy (non-hydrogen) atoms. The summed E-state index contributed by atoms with van der Waals surface area (Å²) in [5, 5.41) is 24.2. The largest absolute Gasteiger partial charge is 0.497 e. The minimum atomic E-state index is -1.25. The maximum atomic E-state index is 13.0. The van der Waals surface area contributed by atoms with Crippen molar-refractivity contribution in [3.63, 3.8) is 0 Å². The first-order valence-electron chi connectivity index (χ1n) is 10.4. The Morgan fingerprint density at radius 2 is 1.37 bits per heavy atom. The molecule has 2 aromatic carbocycles. The first-order valence-corrected chi connectivity index (χ1v) is 10.4. The van der Waals surface area contributed by atoms with Crippen LogP contribution < -0.4 is 20.1 Å². The smallest absolute Gasteiger partial charge is 0.325 e. The highest BCUT2D eigenvalue weighted by atomic mass is 16.5. The van der Waals surface area contributed by atoms with Gasteiger partial charge >= 0.3 is 5.97 Å². The van der Waals surface area contributed by atoms with Gasteiger partial charge in [-0.15, -0.1) is 0 Å². The minimum Gasteiger partial charge on any atom is -0.497 e. The molecule has 0 radical (unpaired) electrons. The number of nitrogens with one attached hydrogen (secondary N) is 2. The number of aromatic hydroxyl groups is 1. The second-order valence-electron chi connectivity index (χ2n) is 7.42. The number of carbonyl (C=O) groups is 3. The van der Waals surface area contributed by atoms with Crippen LogP contribution in [-0.2, 0) is 4.79 Å². The Kier molecular flexibility index (Phi) is 7.82. The molecule has 0 spiro atoms. The van der Waals surface area contributed by atoms with E-state index in [1.165, 1.54) is 6.92 Å². The number of nitrogens with zero attached hydrogens (tertiary/aromatic N) is 2. The molecule has 11 nitrogen and oxygen atoms in total. The molecule has 0 aliphatic carbocycles. The fourth-order valence-corrected chi connectivity index (χ4v) is 3.13. The highest BCUT2D eigenvalue weighted by Gasteiger charge is 2.23. The Balaban J connectivity index is 1.87. The highest BCUT2D eigenvalue weighted by molar-refractivity contribution is 5.98. The van der Waals surface area contributed by atoms with Crippen molar-refractivity contribution in [3.8, 4) is 17.4 Å². The quantitative estimate of drug-likeness (QED) is 0.359. The number of aliphatic carboxylic acids is 1. The molecule has 1 unspecified atom stereocenters. The van der Waals surface area contributed by atoms with Gasteiger partial charge in [0.25, 0.3) is 11.8 Å². The molecular formula is C24H24N4O7. The Morgan fingerprint density at radius 3 is 1.80 bits per heavy atom. The van der Waals surface area contributed by atoms with Crippen molar-refractivity contribution < 1.29 is 34.1 Å². The lowest BCUT2D eigenvalue weighted by Gasteiger charge is -2.20. The number of ether oxygens (including phenoxy) is 2. The van der Waals surface area contributed by atoms with Crippen LogP contribution in [0.15, 0.2) is 54.7 Å². The van der Waals surface area contributed by atoms with Crippen LogP contribution in [0.2, 0.25) is 0 Å². The number of rotatable bonds is 9. The number of hydrogen-bond acceptors (Lipinski definition) is 8. The van der Waals surface area contributed by atoms with Gasteiger partial charge in [-0.05, 0) is 42.3 Å². The predicted molar refractivity (Wildman–Crippen MR) is 124 cm³/mol. The number of methoxy groups -OCH3 is 2. The van der Waals surface area contributed by atoms with Crippen LogP contribution in [-0.4, -0.2) is 58.2 Å². The zero-order chi connectivity index (χ0) is 25.5. The van der Waals surface area contributed by atoms with Gasteiger partial charge in [-0.25, -0.2) is 4.98 Å². The molecule has 0 fully saturated rings. The fourth-order valence-electron chi connectivity index (χ4n) is 3.13. The van der Waals surface area contributed by atoms with Crippen LogP contribution >= 0.6 is 0 Å². The third-order valence-electron chi connectivity index (χ3n) is 5.11. The average Bonchev–Trinajstić information content (AvgIpc) is 2.87. The van der Waals surface area contributed by atoms with Crippen molar-refractivity contribution >= 4 is 17.8 Å². The Labute approximate surface area is 200 Å². The first kappa shape index (κ1) is 25.0. The summed E-state index contributed by atoms with van der Waals surface area (Å²) in [6.07, 6.45) is 0.997. The molecule has 1 heterocycles. The van der Waals surface area contributed by atoms with E-state index in [-0.39, 0.29) is 5.56 Å². The molecule has 182 valence electrons. The van der Waals surface area contributed by atoms with E-state index in [4.69, 9.17) is 14.6 Å². The van der Waals surface area contributed by atoms with E-state index < -0.39 is 41.6 Å². The van der Waals surface area contributed by atoms with Gasteiger partial charge in [-0.3, -0.25) is 14.4 Å². The summed E-state index contributed by atoms with van der Waals surface area (Å²) in [4.78, 5) is 43.5. The normalized spacial score (nSPS) is 11.4. The van der Waals surface area contributed by atoms with Gasteiger partial charge in [-0.1, -0.05) is 24.3 Å². The van der Waals surface area contributed by atoms with E-state index in [0.29, 0.717) is 11.5 Å². The molecule has 1 atom stereocenters. The van der Waals surface area contributed by atoms with E-state index in [1.807, 2.05) is 0 Å². The summed E-state index contributed by atoms with van der Waals surface area (Å²) in [5.41, 5.74) is 1.21. The molecular weight excluding hydrogens is 456 g/mol. The third kappa shape index (κ3) is 6.02. The lowest BCUT2D eigenvalue weighted by molar-refractivity contribution is -0.138. The predicted octanol–water partition coefficient (Wildman–Crippen LogP) is 1.92. The van der Waals surface area contributed by atoms with Gasteiger partial charge in [0.15, 0.2) is 0 Å². The Morgan fingerprint density at radius 1 is 0.857 bits per heavy atom. The second kappa shape index (κ2) is 11.0. The summed E-state index contributed by atoms with van der Waals surface area (Å²) in [5.74, 6) is -2.76. The second-order valence-corrected chi connectivity index (χ2v) is 7.42. The van der Waals surface area contributed by atoms with Gasteiger partial charge in [0.2, 0.25) is 11.7 Å². The molecule has 4 N–H and O–H groups in total. The van der Waals surface area contributed by atoms with E-state index >= 15 is 0 Å². The van der Waals surface area contributed by atoms with Gasteiger partial charge in [-0.2, -0.15) is 4.98 Å². The molecule has 0 bridgehead atoms. The number of carbonyl (C=O) groups excluding carboxylic acids is 2. The zero-order valence-electron chi connectivity index (χ0n) is 19.2. The van der Waals surface area contributed by atoms with Gasteiger partial charge in [0.05, 0.1) is 20.3 Å². The van der Waals surface area contributed by atoms with Crippen LogP contribution in [0.4, 0.5) is 0 Å². The molecule has 0 saturated carbocycles. The lowest BCUT2D eigenvalue weighted by atomic mass is 9.98. The van der Waals surface area contributed by atoms with Crippen molar-refractivity contribution in [1.29, 1.82) is 0 Å². The monoisotopic (exact) mass is 480 g/mol. The van der Waals surface area contributed by atoms with Crippen LogP contribution in [0.1, 0.15) is 45.1 Å². The van der Waals surface area contributed by atoms with Gasteiger partial charge in [0, 0.05) is 6.20 Å². The summed E-state index contributed by atoms with van der Waals surface area (Å²) < 4.78 is 10.4. The molecule has 0 aliphatic heterocycles. The van der Waals surface area contributed by atoms with Crippen LogP contribution in [0.5, 0.6) is 17.4 Å². The standard InChI is InChI=1S/C24H24N4O7/c1-13(24(32)33)26-23(31)20-25-12-18(22(30)28-20)21(29)27-19(14-4-8-16(34-2)9-5-14)15-6-10-17(35-3)11-7-15/h4-13,19H,1-3H3,(H,26,31)(H,27,29)(H,32,33)(H,25,28,30). The number of carboxylic acid groups (broad SMARTS) is 1. The zero-order valence-corrected chi connectivity index (χ0v) is 19.2. The van der Waals surface area contributed by atoms with Crippen molar-refractivity contribution in [2.24, 2.45) is 0 Å². The topological polar surface area (TPSA) is 160 Å². The van der Waals surface area contributed by atoms with Crippen molar-refractivity contribution in [3.05, 3.63) is 77.2 Å². The van der Waals surface area contributed by atoms with Crippen molar-refractivity contribution in [2.45, 2.75) is 19.0 Å². The van der Waals surface area contributed by atoms with E-state index in [9.17, 15) is 19.5 Å². The molecule has 11 heteroatoms. The van der Waals surface area contributed by atoms with E-state index in [0.717, 1.165) is 17.3 Å². The van der Waals surface area contributed by atoms with E-state index in [2.05, 4.69) is 20.6 Å². The molecule has 0 aliphatic rings. The first-order chi connectivity index (χ1) is 16.7. The molecule has 1 aromatic heterocycles. The van der Waals surface area contributed by atoms with E-state index in [1.54, 1.807) is 62.8 Å². The maximum Gasteiger partial charge on any atom is 0.325 e. The summed E-state index contributed by atoms with van der Waals surface area (Å²) in [7, 11) is 3.10. The van der Waals surface area contributed by atoms with Crippen LogP contribution in [0, 0.1) is 0 Å². The van der Waals surface area contributed by atoms with Crippen molar-refractivity contribution in [1.82, 2.24) is 20.6 Å². The minimum absolute atomic E-state index is 0.264. The summed E-state index contributed by atoms with van der Waals surface area (Å²) in [6, 6.07) is 12.4. The fraction of sp³-hybridized carbons (Fsp3) is 0.208. The number of carboxylic acids is 1. The Bertz CT molecular complexity index is 1170. The number of benzene rings is 2. The molecule has 3 aromatic rings. The molecule has 0 saturated heterocycles. The van der Waals surface area contributed by atoms with Gasteiger partial charge < -0.3 is 30.3 Å². The Hall–Kier alpha value is -4.67. The number of aromatic nitrogens is 2. The van der Waals surface area contributed by atoms with Crippen LogP contribution in [0.25, 0.3) is 0 Å². The number of amides is 2. The van der Waals surface area contributed by atoms with Crippen molar-refractivity contribution in [2.75, 3.05) is 14.2 Å². The maximum absolute atomic E-state index is 13.0. The van der Waals surface area contributed by atoms with Gasteiger partial charge in [0.1, 0.15) is 23.1 Å². The average molecular weight is 480 g/mol. The highest BCUT2D eigenvalue weighted by Crippen LogP contribution is 2.27. The molecule has 3 rings (SSSR count). The SMILES string of the molecule is COc1ccc(C(NC(=O)c2cnc(C(=O)NC(C)C(=O)O)nc2O)c2ccc(OC)cc2)cc1. The van der Waals surface area contributed by atoms with Crippen LogP contribution in [0.3, 0.4) is 0 Å². The third-order valence-corrected chi connectivity index (χ3v) is 5.11.